The number of hydrogen-bond donors (Lipinski definition) is 0. The number of esters is 1. The molecule has 0 aliphatic carbocycles. The van der Waals surface area contributed by atoms with Gasteiger partial charge in [-0.1, -0.05) is 60.4 Å². The number of carbonyl (C=O) groups is 2. The molecule has 24 heavy (non-hydrogen) atoms. The molecule has 0 aromatic heterocycles. The first kappa shape index (κ1) is 17.5. The monoisotopic (exact) mass is 320 g/mol. The lowest BCUT2D eigenvalue weighted by Gasteiger charge is -2.19. The van der Waals surface area contributed by atoms with Crippen LogP contribution in [-0.4, -0.2) is 18.4 Å². The number of ketones is 1. The van der Waals surface area contributed by atoms with E-state index in [0.29, 0.717) is 0 Å². The highest BCUT2D eigenvalue weighted by Gasteiger charge is 2.33. The molecular formula is C21H20O3. The normalized spacial score (nSPS) is 12.4. The zero-order valence-corrected chi connectivity index (χ0v) is 13.9. The van der Waals surface area contributed by atoms with Crippen LogP contribution >= 0.6 is 0 Å². The molecule has 0 spiro atoms. The smallest absolute Gasteiger partial charge is 0.318 e. The number of rotatable bonds is 5. The van der Waals surface area contributed by atoms with E-state index < -0.39 is 17.8 Å². The molecule has 0 fully saturated rings. The number of hydrogen-bond acceptors (Lipinski definition) is 3. The molecular weight excluding hydrogens is 300 g/mol. The van der Waals surface area contributed by atoms with E-state index >= 15 is 0 Å². The molecule has 0 bridgehead atoms. The summed E-state index contributed by atoms with van der Waals surface area (Å²) in [5.41, 5.74) is 1.67. The molecule has 2 aromatic carbocycles. The second-order valence-electron chi connectivity index (χ2n) is 5.36. The fourth-order valence-corrected chi connectivity index (χ4v) is 2.47. The first-order chi connectivity index (χ1) is 11.6. The molecule has 2 rings (SSSR count). The molecule has 2 unspecified atom stereocenters. The van der Waals surface area contributed by atoms with Gasteiger partial charge < -0.3 is 4.74 Å². The Balaban J connectivity index is 2.44. The summed E-state index contributed by atoms with van der Waals surface area (Å²) in [5, 5.41) is 0. The maximum Gasteiger partial charge on any atom is 0.318 e. The standard InChI is InChI=1S/C21H20O3/c1-3-24-21(23)20(16(2)22)19(18-12-8-5-9-13-18)15-14-17-10-6-4-7-11-17/h4-13,19-20H,3H2,1-2H3. The van der Waals surface area contributed by atoms with Crippen molar-refractivity contribution >= 4 is 11.8 Å². The van der Waals surface area contributed by atoms with Crippen molar-refractivity contribution in [3.8, 4) is 11.8 Å². The third kappa shape index (κ3) is 4.57. The quantitative estimate of drug-likeness (QED) is 0.480. The summed E-state index contributed by atoms with van der Waals surface area (Å²) in [4.78, 5) is 24.4. The largest absolute Gasteiger partial charge is 0.465 e. The van der Waals surface area contributed by atoms with Crippen molar-refractivity contribution in [1.29, 1.82) is 0 Å². The van der Waals surface area contributed by atoms with Crippen LogP contribution in [0.2, 0.25) is 0 Å². The van der Waals surface area contributed by atoms with E-state index in [0.717, 1.165) is 11.1 Å². The summed E-state index contributed by atoms with van der Waals surface area (Å²) in [5.74, 6) is 3.93. The first-order valence-electron chi connectivity index (χ1n) is 7.92. The molecule has 0 radical (unpaired) electrons. The number of benzene rings is 2. The van der Waals surface area contributed by atoms with Crippen LogP contribution in [-0.2, 0) is 14.3 Å². The van der Waals surface area contributed by atoms with Crippen LogP contribution in [0.3, 0.4) is 0 Å². The molecule has 0 heterocycles. The predicted molar refractivity (Wildman–Crippen MR) is 93.3 cm³/mol. The van der Waals surface area contributed by atoms with Gasteiger partial charge in [-0.3, -0.25) is 9.59 Å². The number of Topliss-reactive ketones (excluding diaryl/α,β-unsaturated/α-hetero) is 1. The molecule has 0 aliphatic rings. The molecule has 3 heteroatoms. The van der Waals surface area contributed by atoms with Crippen LogP contribution < -0.4 is 0 Å². The minimum atomic E-state index is -0.927. The van der Waals surface area contributed by atoms with Crippen molar-refractivity contribution in [3.63, 3.8) is 0 Å². The Morgan fingerprint density at radius 3 is 2.12 bits per heavy atom. The van der Waals surface area contributed by atoms with E-state index in [1.807, 2.05) is 60.7 Å². The van der Waals surface area contributed by atoms with Gasteiger partial charge >= 0.3 is 5.97 Å². The second-order valence-corrected chi connectivity index (χ2v) is 5.36. The Morgan fingerprint density at radius 2 is 1.58 bits per heavy atom. The first-order valence-corrected chi connectivity index (χ1v) is 7.92. The lowest BCUT2D eigenvalue weighted by molar-refractivity contribution is -0.151. The summed E-state index contributed by atoms with van der Waals surface area (Å²) < 4.78 is 5.09. The van der Waals surface area contributed by atoms with E-state index in [4.69, 9.17) is 4.74 Å². The van der Waals surface area contributed by atoms with Gasteiger partial charge in [0.2, 0.25) is 0 Å². The number of carbonyl (C=O) groups excluding carboxylic acids is 2. The molecule has 0 saturated heterocycles. The average molecular weight is 320 g/mol. The minimum absolute atomic E-state index is 0.232. The van der Waals surface area contributed by atoms with Crippen LogP contribution in [0.25, 0.3) is 0 Å². The van der Waals surface area contributed by atoms with Gasteiger partial charge in [-0.25, -0.2) is 0 Å². The summed E-state index contributed by atoms with van der Waals surface area (Å²) in [7, 11) is 0. The maximum atomic E-state index is 12.3. The average Bonchev–Trinajstić information content (AvgIpc) is 2.60. The van der Waals surface area contributed by atoms with Gasteiger partial charge in [-0.05, 0) is 31.5 Å². The third-order valence-electron chi connectivity index (χ3n) is 3.62. The van der Waals surface area contributed by atoms with E-state index in [2.05, 4.69) is 11.8 Å². The summed E-state index contributed by atoms with van der Waals surface area (Å²) in [6.45, 7) is 3.36. The molecule has 2 aromatic rings. The predicted octanol–water partition coefficient (Wildman–Crippen LogP) is 3.59. The lowest BCUT2D eigenvalue weighted by Crippen LogP contribution is -2.30. The maximum absolute atomic E-state index is 12.3. The zero-order chi connectivity index (χ0) is 17.4. The fraction of sp³-hybridized carbons (Fsp3) is 0.238. The Labute approximate surface area is 142 Å². The van der Waals surface area contributed by atoms with Crippen LogP contribution in [0, 0.1) is 17.8 Å². The Kier molecular flexibility index (Phi) is 6.33. The summed E-state index contributed by atoms with van der Waals surface area (Å²) in [6, 6.07) is 18.9. The van der Waals surface area contributed by atoms with Gasteiger partial charge in [0, 0.05) is 5.56 Å². The van der Waals surface area contributed by atoms with Crippen molar-refractivity contribution in [3.05, 3.63) is 71.8 Å². The topological polar surface area (TPSA) is 43.4 Å². The Morgan fingerprint density at radius 1 is 1.00 bits per heavy atom. The molecule has 2 atom stereocenters. The van der Waals surface area contributed by atoms with Crippen LogP contribution in [0.15, 0.2) is 60.7 Å². The molecule has 122 valence electrons. The van der Waals surface area contributed by atoms with Gasteiger partial charge in [0.25, 0.3) is 0 Å². The van der Waals surface area contributed by atoms with Gasteiger partial charge in [0.1, 0.15) is 11.7 Å². The van der Waals surface area contributed by atoms with Gasteiger partial charge in [0.05, 0.1) is 12.5 Å². The van der Waals surface area contributed by atoms with Gasteiger partial charge in [-0.2, -0.15) is 0 Å². The molecule has 3 nitrogen and oxygen atoms in total. The van der Waals surface area contributed by atoms with E-state index in [1.165, 1.54) is 6.92 Å². The highest BCUT2D eigenvalue weighted by atomic mass is 16.5. The van der Waals surface area contributed by atoms with Gasteiger partial charge in [-0.15, -0.1) is 0 Å². The van der Waals surface area contributed by atoms with Crippen LogP contribution in [0.5, 0.6) is 0 Å². The highest BCUT2D eigenvalue weighted by Crippen LogP contribution is 2.26. The van der Waals surface area contributed by atoms with Crippen molar-refractivity contribution in [2.75, 3.05) is 6.61 Å². The molecule has 0 N–H and O–H groups in total. The van der Waals surface area contributed by atoms with Crippen molar-refractivity contribution < 1.29 is 14.3 Å². The Hall–Kier alpha value is -2.86. The third-order valence-corrected chi connectivity index (χ3v) is 3.62. The molecule has 0 amide bonds. The minimum Gasteiger partial charge on any atom is -0.465 e. The van der Waals surface area contributed by atoms with Crippen LogP contribution in [0.1, 0.15) is 30.9 Å². The zero-order valence-electron chi connectivity index (χ0n) is 13.9. The van der Waals surface area contributed by atoms with E-state index in [9.17, 15) is 9.59 Å². The highest BCUT2D eigenvalue weighted by molar-refractivity contribution is 5.99. The number of ether oxygens (including phenoxy) is 1. The van der Waals surface area contributed by atoms with Crippen molar-refractivity contribution in [1.82, 2.24) is 0 Å². The lowest BCUT2D eigenvalue weighted by atomic mass is 9.84. The molecule has 0 saturated carbocycles. The van der Waals surface area contributed by atoms with E-state index in [1.54, 1.807) is 6.92 Å². The molecule has 0 aliphatic heterocycles. The van der Waals surface area contributed by atoms with Gasteiger partial charge in [0.15, 0.2) is 0 Å². The summed E-state index contributed by atoms with van der Waals surface area (Å²) >= 11 is 0. The fourth-order valence-electron chi connectivity index (χ4n) is 2.47. The van der Waals surface area contributed by atoms with E-state index in [-0.39, 0.29) is 12.4 Å². The summed E-state index contributed by atoms with van der Waals surface area (Å²) in [6.07, 6.45) is 0. The Bertz CT molecular complexity index is 739. The second kappa shape index (κ2) is 8.69. The van der Waals surface area contributed by atoms with Crippen molar-refractivity contribution in [2.45, 2.75) is 19.8 Å². The van der Waals surface area contributed by atoms with Crippen molar-refractivity contribution in [2.24, 2.45) is 5.92 Å². The van der Waals surface area contributed by atoms with Crippen LogP contribution in [0.4, 0.5) is 0 Å². The SMILES string of the molecule is CCOC(=O)C(C(C)=O)C(C#Cc1ccccc1)c1ccccc1.